The minimum absolute atomic E-state index is 0.0205. The summed E-state index contributed by atoms with van der Waals surface area (Å²) in [7, 11) is 1.95. The molecule has 2 amide bonds. The average molecular weight is 480 g/mol. The van der Waals surface area contributed by atoms with Crippen LogP contribution in [0.3, 0.4) is 0 Å². The summed E-state index contributed by atoms with van der Waals surface area (Å²) in [4.78, 5) is 28.8. The number of hydrogen-bond donors (Lipinski definition) is 2. The van der Waals surface area contributed by atoms with E-state index in [2.05, 4.69) is 41.3 Å². The highest BCUT2D eigenvalue weighted by Crippen LogP contribution is 2.45. The van der Waals surface area contributed by atoms with Crippen molar-refractivity contribution < 1.29 is 14.7 Å². The summed E-state index contributed by atoms with van der Waals surface area (Å²) in [5.41, 5.74) is 11.3. The molecule has 2 aliphatic heterocycles. The van der Waals surface area contributed by atoms with Crippen LogP contribution < -0.4 is 10.2 Å². The Hall–Kier alpha value is -2.74. The monoisotopic (exact) mass is 479 g/mol. The van der Waals surface area contributed by atoms with Gasteiger partial charge < -0.3 is 15.7 Å². The predicted octanol–water partition coefficient (Wildman–Crippen LogP) is 4.59. The first kappa shape index (κ1) is 25.4. The lowest BCUT2D eigenvalue weighted by Gasteiger charge is -2.45. The average Bonchev–Trinajstić information content (AvgIpc) is 2.84. The molecule has 1 unspecified atom stereocenters. The molecule has 2 aromatic rings. The van der Waals surface area contributed by atoms with Crippen LogP contribution in [0.15, 0.2) is 42.5 Å². The van der Waals surface area contributed by atoms with E-state index in [1.807, 2.05) is 27.0 Å². The second kappa shape index (κ2) is 10.1. The molecule has 1 fully saturated rings. The molecule has 0 saturated carbocycles. The molecule has 7 nitrogen and oxygen atoms in total. The van der Waals surface area contributed by atoms with Crippen molar-refractivity contribution in [3.63, 3.8) is 0 Å². The molecule has 2 heterocycles. The number of carbonyl (C=O) groups is 2. The van der Waals surface area contributed by atoms with E-state index in [0.29, 0.717) is 19.0 Å². The molecular weight excluding hydrogens is 440 g/mol. The number of rotatable bonds is 5. The van der Waals surface area contributed by atoms with Gasteiger partial charge in [-0.2, -0.15) is 0 Å². The van der Waals surface area contributed by atoms with Gasteiger partial charge >= 0.3 is 12.0 Å². The van der Waals surface area contributed by atoms with Gasteiger partial charge in [0, 0.05) is 37.2 Å². The maximum atomic E-state index is 12.8. The van der Waals surface area contributed by atoms with Crippen molar-refractivity contribution in [1.29, 1.82) is 0 Å². The van der Waals surface area contributed by atoms with E-state index in [-0.39, 0.29) is 22.5 Å². The summed E-state index contributed by atoms with van der Waals surface area (Å²) in [5.74, 6) is 0.0614. The van der Waals surface area contributed by atoms with Crippen LogP contribution in [0.5, 0.6) is 0 Å². The van der Waals surface area contributed by atoms with E-state index in [1.54, 1.807) is 6.92 Å². The van der Waals surface area contributed by atoms with Crippen molar-refractivity contribution in [1.82, 2.24) is 14.3 Å². The molecule has 7 heteroatoms. The first-order valence-electron chi connectivity index (χ1n) is 12.7. The minimum atomic E-state index is -0.928. The minimum Gasteiger partial charge on any atom is -0.465 e. The van der Waals surface area contributed by atoms with Gasteiger partial charge in [0.1, 0.15) is 5.69 Å². The second-order valence-corrected chi connectivity index (χ2v) is 10.3. The Balaban J connectivity index is 1.66. The number of hydrogen-bond acceptors (Lipinski definition) is 4. The summed E-state index contributed by atoms with van der Waals surface area (Å²) in [6, 6.07) is 14.8. The number of carboxylic acid groups (broad SMARTS) is 1. The van der Waals surface area contributed by atoms with Gasteiger partial charge in [0.25, 0.3) is 0 Å². The predicted molar refractivity (Wildman–Crippen MR) is 140 cm³/mol. The molecule has 0 aliphatic carbocycles. The Labute approximate surface area is 208 Å². The summed E-state index contributed by atoms with van der Waals surface area (Å²) in [6.45, 7) is 8.93. The van der Waals surface area contributed by atoms with Gasteiger partial charge in [0.05, 0.1) is 26.1 Å². The van der Waals surface area contributed by atoms with Crippen molar-refractivity contribution in [2.45, 2.75) is 64.7 Å². The van der Waals surface area contributed by atoms with Gasteiger partial charge in [-0.25, -0.2) is 14.1 Å². The number of fused-ring (bicyclic) bond motifs is 1. The largest absolute Gasteiger partial charge is 0.465 e. The lowest BCUT2D eigenvalue weighted by atomic mass is 9.86. The van der Waals surface area contributed by atoms with Crippen molar-refractivity contribution in [2.24, 2.45) is 5.73 Å². The van der Waals surface area contributed by atoms with Crippen LogP contribution in [0.1, 0.15) is 57.2 Å². The number of nitrogens with two attached hydrogens (primary N) is 1. The quantitative estimate of drug-likeness (QED) is 0.613. The molecule has 35 heavy (non-hydrogen) atoms. The molecule has 4 rings (SSSR count). The van der Waals surface area contributed by atoms with Gasteiger partial charge in [0.2, 0.25) is 0 Å². The number of likely N-dealkylation sites (tertiary alicyclic amines) is 1. The normalized spacial score (nSPS) is 25.2. The fraction of sp³-hybridized carbons (Fsp3) is 0.500. The van der Waals surface area contributed by atoms with Gasteiger partial charge in [-0.05, 0) is 68.6 Å². The molecule has 188 valence electrons. The first-order valence-corrected chi connectivity index (χ1v) is 12.7. The Kier molecular flexibility index (Phi) is 7.31. The van der Waals surface area contributed by atoms with Crippen molar-refractivity contribution in [2.75, 3.05) is 26.7 Å². The van der Waals surface area contributed by atoms with E-state index < -0.39 is 6.09 Å². The third-order valence-electron chi connectivity index (χ3n) is 8.28. The zero-order valence-corrected chi connectivity index (χ0v) is 21.4. The Morgan fingerprint density at radius 2 is 1.74 bits per heavy atom. The highest BCUT2D eigenvalue weighted by atomic mass is 16.4. The van der Waals surface area contributed by atoms with Crippen LogP contribution in [0.4, 0.5) is 10.5 Å². The lowest BCUT2D eigenvalue weighted by molar-refractivity contribution is -0.129. The zero-order chi connectivity index (χ0) is 25.3. The molecule has 3 atom stereocenters. The fourth-order valence-electron chi connectivity index (χ4n) is 5.76. The maximum Gasteiger partial charge on any atom is 0.407 e. The van der Waals surface area contributed by atoms with Gasteiger partial charge in [-0.3, -0.25) is 4.90 Å². The summed E-state index contributed by atoms with van der Waals surface area (Å²) in [6.07, 6.45) is 1.78. The lowest BCUT2D eigenvalue weighted by Crippen LogP contribution is -2.60. The van der Waals surface area contributed by atoms with E-state index in [4.69, 9.17) is 5.73 Å². The van der Waals surface area contributed by atoms with Gasteiger partial charge in [0.15, 0.2) is 0 Å². The molecule has 0 spiro atoms. The summed E-state index contributed by atoms with van der Waals surface area (Å²) in [5, 5.41) is 9.89. The van der Waals surface area contributed by atoms with Crippen LogP contribution in [-0.4, -0.2) is 65.7 Å². The van der Waals surface area contributed by atoms with Crippen molar-refractivity contribution >= 4 is 17.7 Å². The van der Waals surface area contributed by atoms with Crippen molar-refractivity contribution in [3.05, 3.63) is 53.6 Å². The number of benzene rings is 2. The van der Waals surface area contributed by atoms with Crippen LogP contribution in [0.2, 0.25) is 0 Å². The van der Waals surface area contributed by atoms with Crippen LogP contribution in [-0.2, 0) is 11.3 Å². The van der Waals surface area contributed by atoms with Crippen LogP contribution >= 0.6 is 0 Å². The fourth-order valence-corrected chi connectivity index (χ4v) is 5.76. The van der Waals surface area contributed by atoms with Crippen LogP contribution in [0.25, 0.3) is 11.1 Å². The third kappa shape index (κ3) is 4.85. The van der Waals surface area contributed by atoms with Gasteiger partial charge in [-0.1, -0.05) is 24.3 Å². The molecule has 1 saturated heterocycles. The number of nitrogens with zero attached hydrogens (tertiary/aromatic N) is 3. The molecule has 0 bridgehead atoms. The highest BCUT2D eigenvalue weighted by molar-refractivity contribution is 5.89. The zero-order valence-electron chi connectivity index (χ0n) is 21.4. The molecule has 2 aliphatic rings. The smallest absolute Gasteiger partial charge is 0.407 e. The summed E-state index contributed by atoms with van der Waals surface area (Å²) >= 11 is 0. The number of piperidine rings is 1. The topological polar surface area (TPSA) is 86.9 Å². The second-order valence-electron chi connectivity index (χ2n) is 10.3. The summed E-state index contributed by atoms with van der Waals surface area (Å²) < 4.78 is 0.182. The highest BCUT2D eigenvalue weighted by Gasteiger charge is 2.47. The molecule has 3 N–H and O–H groups in total. The molecule has 2 aromatic carbocycles. The van der Waals surface area contributed by atoms with E-state index >= 15 is 0 Å². The van der Waals surface area contributed by atoms with Gasteiger partial charge in [-0.15, -0.1) is 0 Å². The van der Waals surface area contributed by atoms with Crippen LogP contribution in [0, 0.1) is 0 Å². The van der Waals surface area contributed by atoms with E-state index in [9.17, 15) is 14.7 Å². The SMILES string of the molecule is CCN(C(=O)O)C1C[C@H](C)[N@+](C)(C(C)=O)c2ccc(-c3ccc(CN4CCC(N)CC4)cc3)cc21. The Bertz CT molecular complexity index is 1080. The maximum absolute atomic E-state index is 12.8. The first-order chi connectivity index (χ1) is 16.6. The molecule has 0 aromatic heterocycles. The Morgan fingerprint density at radius 1 is 1.11 bits per heavy atom. The third-order valence-corrected chi connectivity index (χ3v) is 8.28. The number of carbonyl (C=O) groups excluding carboxylic acids is 1. The molecular formula is C28H39N4O3+. The van der Waals surface area contributed by atoms with Crippen molar-refractivity contribution in [3.8, 4) is 11.1 Å². The Morgan fingerprint density at radius 3 is 2.31 bits per heavy atom. The standard InChI is InChI=1S/C28H38N4O3/c1-5-31(28(34)35)26-16-19(2)32(4,20(3)33)27-11-10-23(17-25(26)27)22-8-6-21(7-9-22)18-30-14-12-24(29)13-15-30/h6-11,17,19,24,26H,5,12-16,18,29H2,1-4H3/p+1/t19-,26?,32+/m0/s1. The van der Waals surface area contributed by atoms with E-state index in [1.165, 1.54) is 10.5 Å². The van der Waals surface area contributed by atoms with E-state index in [0.717, 1.165) is 54.9 Å². The number of amides is 2. The number of quaternary nitrogens is 1. The molecule has 0 radical (unpaired) electrons.